The van der Waals surface area contributed by atoms with E-state index in [1.165, 1.54) is 12.1 Å². The normalized spacial score (nSPS) is 20.5. The molecule has 1 unspecified atom stereocenters. The van der Waals surface area contributed by atoms with E-state index in [1.54, 1.807) is 18.5 Å². The third-order valence-corrected chi connectivity index (χ3v) is 4.84. The van der Waals surface area contributed by atoms with Gasteiger partial charge in [-0.3, -0.25) is 0 Å². The maximum absolute atomic E-state index is 12.3. The van der Waals surface area contributed by atoms with Crippen LogP contribution in [0.5, 0.6) is 5.75 Å². The second-order valence-corrected chi connectivity index (χ2v) is 6.59. The van der Waals surface area contributed by atoms with Gasteiger partial charge in [0.1, 0.15) is 29.8 Å². The Hall–Kier alpha value is -2.52. The number of anilines is 2. The van der Waals surface area contributed by atoms with Crippen LogP contribution in [0.4, 0.5) is 20.4 Å². The molecule has 7 nitrogen and oxygen atoms in total. The Balaban J connectivity index is 1.45. The summed E-state index contributed by atoms with van der Waals surface area (Å²) in [5.74, 6) is 1.88. The molecule has 1 atom stereocenters. The Bertz CT molecular complexity index is 772. The molecule has 0 bridgehead atoms. The molecule has 0 amide bonds. The van der Waals surface area contributed by atoms with Crippen molar-refractivity contribution in [1.82, 2.24) is 9.97 Å². The molecule has 2 aliphatic rings. The second kappa shape index (κ2) is 8.66. The first-order chi connectivity index (χ1) is 13.7. The molecule has 4 rings (SSSR count). The van der Waals surface area contributed by atoms with Crippen molar-refractivity contribution in [2.45, 2.75) is 12.7 Å². The zero-order valence-electron chi connectivity index (χ0n) is 15.3. The van der Waals surface area contributed by atoms with Gasteiger partial charge in [-0.25, -0.2) is 9.97 Å². The van der Waals surface area contributed by atoms with E-state index in [9.17, 15) is 8.78 Å². The van der Waals surface area contributed by atoms with Crippen LogP contribution in [-0.2, 0) is 9.47 Å². The van der Waals surface area contributed by atoms with Crippen molar-refractivity contribution in [2.75, 3.05) is 55.8 Å². The number of nitrogens with zero attached hydrogens (tertiary/aromatic N) is 4. The van der Waals surface area contributed by atoms with Crippen LogP contribution in [0.25, 0.3) is 0 Å². The molecule has 0 N–H and O–H groups in total. The Kier molecular flexibility index (Phi) is 5.82. The molecule has 0 spiro atoms. The lowest BCUT2D eigenvalue weighted by molar-refractivity contribution is -0.0498. The minimum Gasteiger partial charge on any atom is -0.435 e. The van der Waals surface area contributed by atoms with Crippen molar-refractivity contribution < 1.29 is 23.0 Å². The summed E-state index contributed by atoms with van der Waals surface area (Å²) in [6.45, 7) is 2.10. The summed E-state index contributed by atoms with van der Waals surface area (Å²) in [6.07, 6.45) is 1.41. The van der Waals surface area contributed by atoms with Crippen molar-refractivity contribution in [1.29, 1.82) is 0 Å². The maximum atomic E-state index is 12.3. The molecule has 2 saturated heterocycles. The summed E-state index contributed by atoms with van der Waals surface area (Å²) in [5, 5.41) is 0. The van der Waals surface area contributed by atoms with E-state index in [1.807, 2.05) is 6.07 Å². The van der Waals surface area contributed by atoms with Crippen molar-refractivity contribution in [3.63, 3.8) is 0 Å². The Morgan fingerprint density at radius 2 is 1.64 bits per heavy atom. The van der Waals surface area contributed by atoms with E-state index in [0.717, 1.165) is 36.8 Å². The lowest BCUT2D eigenvalue weighted by Crippen LogP contribution is -2.39. The topological polar surface area (TPSA) is 60.0 Å². The highest BCUT2D eigenvalue weighted by molar-refractivity contribution is 5.51. The lowest BCUT2D eigenvalue weighted by atomic mass is 10.1. The Morgan fingerprint density at radius 3 is 2.36 bits per heavy atom. The van der Waals surface area contributed by atoms with Gasteiger partial charge in [0, 0.05) is 32.2 Å². The molecular weight excluding hydrogens is 370 g/mol. The number of halogens is 2. The summed E-state index contributed by atoms with van der Waals surface area (Å²) in [4.78, 5) is 13.2. The summed E-state index contributed by atoms with van der Waals surface area (Å²) in [5.41, 5.74) is 0.911. The monoisotopic (exact) mass is 392 g/mol. The summed E-state index contributed by atoms with van der Waals surface area (Å²) in [6, 6.07) is 8.57. The van der Waals surface area contributed by atoms with E-state index in [0.29, 0.717) is 26.4 Å². The molecule has 2 aromatic rings. The fraction of sp³-hybridized carbons (Fsp3) is 0.474. The number of aromatic nitrogens is 2. The van der Waals surface area contributed by atoms with Crippen LogP contribution in [0.15, 0.2) is 36.7 Å². The van der Waals surface area contributed by atoms with Crippen molar-refractivity contribution in [3.05, 3.63) is 42.2 Å². The van der Waals surface area contributed by atoms with Gasteiger partial charge in [0.15, 0.2) is 0 Å². The number of alkyl halides is 2. The number of benzene rings is 1. The number of hydrogen-bond acceptors (Lipinski definition) is 7. The fourth-order valence-corrected chi connectivity index (χ4v) is 3.40. The minimum atomic E-state index is -2.83. The highest BCUT2D eigenvalue weighted by Crippen LogP contribution is 2.28. The Morgan fingerprint density at radius 1 is 0.964 bits per heavy atom. The first-order valence-electron chi connectivity index (χ1n) is 9.25. The second-order valence-electron chi connectivity index (χ2n) is 6.59. The predicted octanol–water partition coefficient (Wildman–Crippen LogP) is 2.49. The number of morpholine rings is 2. The van der Waals surface area contributed by atoms with E-state index in [-0.39, 0.29) is 11.9 Å². The average molecular weight is 392 g/mol. The third kappa shape index (κ3) is 4.48. The minimum absolute atomic E-state index is 0.136. The predicted molar refractivity (Wildman–Crippen MR) is 99.0 cm³/mol. The van der Waals surface area contributed by atoms with Crippen LogP contribution in [0, 0.1) is 0 Å². The van der Waals surface area contributed by atoms with Crippen LogP contribution in [0.2, 0.25) is 0 Å². The summed E-state index contributed by atoms with van der Waals surface area (Å²) < 4.78 is 40.3. The van der Waals surface area contributed by atoms with E-state index >= 15 is 0 Å². The van der Waals surface area contributed by atoms with Crippen molar-refractivity contribution in [2.24, 2.45) is 0 Å². The van der Waals surface area contributed by atoms with Crippen LogP contribution < -0.4 is 14.5 Å². The molecule has 0 radical (unpaired) electrons. The van der Waals surface area contributed by atoms with Gasteiger partial charge in [-0.1, -0.05) is 12.1 Å². The van der Waals surface area contributed by atoms with E-state index in [4.69, 9.17) is 9.47 Å². The molecule has 28 heavy (non-hydrogen) atoms. The first kappa shape index (κ1) is 18.8. The SMILES string of the molecule is FC(F)Oc1ccc(C2CN(c3cc(N4CCOCC4)ncn3)CCO2)cc1. The molecule has 2 aliphatic heterocycles. The van der Waals surface area contributed by atoms with Gasteiger partial charge in [0.2, 0.25) is 0 Å². The van der Waals surface area contributed by atoms with Crippen LogP contribution >= 0.6 is 0 Å². The molecule has 0 aliphatic carbocycles. The maximum Gasteiger partial charge on any atom is 0.387 e. The van der Waals surface area contributed by atoms with E-state index < -0.39 is 6.61 Å². The van der Waals surface area contributed by atoms with Gasteiger partial charge in [-0.05, 0) is 17.7 Å². The zero-order valence-corrected chi connectivity index (χ0v) is 15.3. The Labute approximate surface area is 161 Å². The highest BCUT2D eigenvalue weighted by atomic mass is 19.3. The quantitative estimate of drug-likeness (QED) is 0.775. The van der Waals surface area contributed by atoms with Crippen molar-refractivity contribution >= 4 is 11.6 Å². The molecule has 150 valence electrons. The van der Waals surface area contributed by atoms with Gasteiger partial charge in [-0.15, -0.1) is 0 Å². The fourth-order valence-electron chi connectivity index (χ4n) is 3.40. The van der Waals surface area contributed by atoms with Crippen LogP contribution in [-0.4, -0.2) is 62.6 Å². The average Bonchev–Trinajstić information content (AvgIpc) is 2.75. The van der Waals surface area contributed by atoms with Gasteiger partial charge in [0.25, 0.3) is 0 Å². The first-order valence-corrected chi connectivity index (χ1v) is 9.25. The summed E-state index contributed by atoms with van der Waals surface area (Å²) >= 11 is 0. The van der Waals surface area contributed by atoms with Gasteiger partial charge < -0.3 is 24.0 Å². The van der Waals surface area contributed by atoms with Crippen LogP contribution in [0.1, 0.15) is 11.7 Å². The number of rotatable bonds is 5. The molecule has 3 heterocycles. The molecule has 0 saturated carbocycles. The number of ether oxygens (including phenoxy) is 3. The molecule has 1 aromatic heterocycles. The summed E-state index contributed by atoms with van der Waals surface area (Å²) in [7, 11) is 0. The zero-order chi connectivity index (χ0) is 19.3. The molecule has 2 fully saturated rings. The molecule has 9 heteroatoms. The highest BCUT2D eigenvalue weighted by Gasteiger charge is 2.24. The molecular formula is C19H22F2N4O3. The third-order valence-electron chi connectivity index (χ3n) is 4.84. The largest absolute Gasteiger partial charge is 0.435 e. The van der Waals surface area contributed by atoms with E-state index in [2.05, 4.69) is 24.5 Å². The smallest absolute Gasteiger partial charge is 0.387 e. The van der Waals surface area contributed by atoms with Crippen molar-refractivity contribution in [3.8, 4) is 5.75 Å². The standard InChI is InChI=1S/C19H22F2N4O3/c20-19(21)28-15-3-1-14(2-4-15)16-12-25(7-10-27-16)18-11-17(22-13-23-18)24-5-8-26-9-6-24/h1-4,11,13,16,19H,5-10,12H2. The van der Waals surface area contributed by atoms with Gasteiger partial charge >= 0.3 is 6.61 Å². The molecule has 1 aromatic carbocycles. The lowest BCUT2D eigenvalue weighted by Gasteiger charge is -2.34. The van der Waals surface area contributed by atoms with Crippen LogP contribution in [0.3, 0.4) is 0 Å². The van der Waals surface area contributed by atoms with Gasteiger partial charge in [0.05, 0.1) is 19.8 Å². The number of hydrogen-bond donors (Lipinski definition) is 0. The van der Waals surface area contributed by atoms with Gasteiger partial charge in [-0.2, -0.15) is 8.78 Å².